The molecule has 142 valence electrons. The van der Waals surface area contributed by atoms with E-state index in [0.717, 1.165) is 5.39 Å². The van der Waals surface area contributed by atoms with Crippen LogP contribution in [0.1, 0.15) is 34.4 Å². The highest BCUT2D eigenvalue weighted by molar-refractivity contribution is 6.21. The van der Waals surface area contributed by atoms with Crippen molar-refractivity contribution in [2.75, 3.05) is 6.61 Å². The molecular formula is C22H19NO5. The molecule has 2 heterocycles. The molecule has 0 saturated heterocycles. The fourth-order valence-corrected chi connectivity index (χ4v) is 3.35. The number of furan rings is 2. The number of aryl methyl sites for hydroxylation is 1. The molecule has 0 fully saturated rings. The Morgan fingerprint density at radius 2 is 2.00 bits per heavy atom. The Morgan fingerprint density at radius 3 is 2.71 bits per heavy atom. The lowest BCUT2D eigenvalue weighted by molar-refractivity contribution is 0.0526. The molecule has 0 radical (unpaired) electrons. The summed E-state index contributed by atoms with van der Waals surface area (Å²) in [6.45, 7) is 4.01. The van der Waals surface area contributed by atoms with Gasteiger partial charge in [0.1, 0.15) is 28.4 Å². The van der Waals surface area contributed by atoms with E-state index in [9.17, 15) is 9.90 Å². The highest BCUT2D eigenvalue weighted by atomic mass is 16.5. The summed E-state index contributed by atoms with van der Waals surface area (Å²) in [6, 6.07) is 10.9. The number of fused-ring (bicyclic) bond motifs is 3. The van der Waals surface area contributed by atoms with Crippen molar-refractivity contribution in [3.63, 3.8) is 0 Å². The van der Waals surface area contributed by atoms with Gasteiger partial charge in [0.15, 0.2) is 0 Å². The smallest absolute Gasteiger partial charge is 0.342 e. The highest BCUT2D eigenvalue weighted by Crippen LogP contribution is 2.40. The molecule has 0 aliphatic rings. The lowest BCUT2D eigenvalue weighted by Gasteiger charge is -2.08. The fraction of sp³-hybridized carbons (Fsp3) is 0.182. The molecule has 6 heteroatoms. The molecule has 0 bridgehead atoms. The van der Waals surface area contributed by atoms with Crippen LogP contribution in [0.15, 0.2) is 56.5 Å². The van der Waals surface area contributed by atoms with Crippen molar-refractivity contribution in [2.24, 2.45) is 4.99 Å². The van der Waals surface area contributed by atoms with Gasteiger partial charge in [-0.05, 0) is 26.0 Å². The SMILES string of the molecule is CCOC(=O)c1c(C)oc2c1c(C=NCc1ccco1)c(O)c1ccccc12. The number of rotatable bonds is 5. The van der Waals surface area contributed by atoms with Crippen LogP contribution in [0.4, 0.5) is 0 Å². The monoisotopic (exact) mass is 377 g/mol. The first-order chi connectivity index (χ1) is 13.6. The first-order valence-corrected chi connectivity index (χ1v) is 8.98. The topological polar surface area (TPSA) is 85.2 Å². The van der Waals surface area contributed by atoms with Gasteiger partial charge in [0, 0.05) is 27.9 Å². The lowest BCUT2D eigenvalue weighted by Crippen LogP contribution is -2.06. The second-order valence-corrected chi connectivity index (χ2v) is 6.31. The van der Waals surface area contributed by atoms with Crippen LogP contribution in [0.5, 0.6) is 5.75 Å². The summed E-state index contributed by atoms with van der Waals surface area (Å²) in [5.74, 6) is 0.679. The summed E-state index contributed by atoms with van der Waals surface area (Å²) >= 11 is 0. The minimum atomic E-state index is -0.492. The molecule has 28 heavy (non-hydrogen) atoms. The van der Waals surface area contributed by atoms with Gasteiger partial charge in [0.2, 0.25) is 0 Å². The lowest BCUT2D eigenvalue weighted by atomic mass is 9.98. The molecule has 0 aliphatic heterocycles. The number of carbonyl (C=O) groups is 1. The summed E-state index contributed by atoms with van der Waals surface area (Å²) in [6.07, 6.45) is 3.12. The van der Waals surface area contributed by atoms with E-state index < -0.39 is 5.97 Å². The fourth-order valence-electron chi connectivity index (χ4n) is 3.35. The predicted octanol–water partition coefficient (Wildman–Crippen LogP) is 4.99. The van der Waals surface area contributed by atoms with Crippen LogP contribution >= 0.6 is 0 Å². The number of hydrogen-bond donors (Lipinski definition) is 1. The van der Waals surface area contributed by atoms with Crippen molar-refractivity contribution in [2.45, 2.75) is 20.4 Å². The van der Waals surface area contributed by atoms with E-state index in [-0.39, 0.29) is 12.4 Å². The summed E-state index contributed by atoms with van der Waals surface area (Å²) < 4.78 is 16.4. The van der Waals surface area contributed by atoms with Gasteiger partial charge >= 0.3 is 5.97 Å². The van der Waals surface area contributed by atoms with Crippen molar-refractivity contribution >= 4 is 33.9 Å². The van der Waals surface area contributed by atoms with Gasteiger partial charge in [-0.15, -0.1) is 0 Å². The summed E-state index contributed by atoms with van der Waals surface area (Å²) in [5.41, 5.74) is 1.24. The summed E-state index contributed by atoms with van der Waals surface area (Å²) in [4.78, 5) is 17.0. The largest absolute Gasteiger partial charge is 0.507 e. The first kappa shape index (κ1) is 17.9. The van der Waals surface area contributed by atoms with E-state index in [1.807, 2.05) is 24.3 Å². The van der Waals surface area contributed by atoms with Crippen LogP contribution in [0.2, 0.25) is 0 Å². The summed E-state index contributed by atoms with van der Waals surface area (Å²) in [5, 5.41) is 12.8. The zero-order valence-corrected chi connectivity index (χ0v) is 15.6. The van der Waals surface area contributed by atoms with Crippen molar-refractivity contribution in [1.29, 1.82) is 0 Å². The Balaban J connectivity index is 1.97. The van der Waals surface area contributed by atoms with Crippen LogP contribution < -0.4 is 0 Å². The molecule has 0 atom stereocenters. The van der Waals surface area contributed by atoms with Crippen LogP contribution in [-0.4, -0.2) is 23.9 Å². The van der Waals surface area contributed by atoms with Gasteiger partial charge < -0.3 is 18.7 Å². The first-order valence-electron chi connectivity index (χ1n) is 8.98. The van der Waals surface area contributed by atoms with Crippen LogP contribution in [0, 0.1) is 6.92 Å². The van der Waals surface area contributed by atoms with Crippen molar-refractivity contribution in [1.82, 2.24) is 0 Å². The molecule has 2 aromatic carbocycles. The van der Waals surface area contributed by atoms with Gasteiger partial charge in [-0.1, -0.05) is 24.3 Å². The number of phenolic OH excluding ortho intramolecular Hbond substituents is 1. The highest BCUT2D eigenvalue weighted by Gasteiger charge is 2.25. The van der Waals surface area contributed by atoms with Gasteiger partial charge in [-0.3, -0.25) is 4.99 Å². The standard InChI is InChI=1S/C22H19NO5/c1-3-26-22(25)18-13(2)28-21-16-9-5-4-8-15(16)20(24)17(19(18)21)12-23-11-14-7-6-10-27-14/h4-10,12,24H,3,11H2,1-2H3. The zero-order chi connectivity index (χ0) is 19.7. The number of benzene rings is 2. The van der Waals surface area contributed by atoms with Crippen LogP contribution in [0.25, 0.3) is 21.7 Å². The number of carbonyl (C=O) groups excluding carboxylic acids is 1. The summed E-state index contributed by atoms with van der Waals surface area (Å²) in [7, 11) is 0. The number of aliphatic imine (C=N–C) groups is 1. The van der Waals surface area contributed by atoms with Crippen molar-refractivity contribution in [3.8, 4) is 5.75 Å². The van der Waals surface area contributed by atoms with E-state index in [4.69, 9.17) is 13.6 Å². The Morgan fingerprint density at radius 1 is 1.21 bits per heavy atom. The third kappa shape index (κ3) is 2.93. The maximum atomic E-state index is 12.6. The molecule has 0 aliphatic carbocycles. The number of nitrogens with zero attached hydrogens (tertiary/aromatic N) is 1. The Kier molecular flexibility index (Phi) is 4.61. The van der Waals surface area contributed by atoms with Gasteiger partial charge in [0.05, 0.1) is 19.4 Å². The number of aromatic hydroxyl groups is 1. The predicted molar refractivity (Wildman–Crippen MR) is 106 cm³/mol. The molecule has 1 N–H and O–H groups in total. The number of phenols is 1. The van der Waals surface area contributed by atoms with E-state index in [1.165, 1.54) is 0 Å². The average Bonchev–Trinajstić information content (AvgIpc) is 3.32. The number of esters is 1. The van der Waals surface area contributed by atoms with E-state index >= 15 is 0 Å². The van der Waals surface area contributed by atoms with Gasteiger partial charge in [-0.25, -0.2) is 4.79 Å². The van der Waals surface area contributed by atoms with E-state index in [0.29, 0.717) is 45.5 Å². The molecule has 0 saturated carbocycles. The number of hydrogen-bond acceptors (Lipinski definition) is 6. The zero-order valence-electron chi connectivity index (χ0n) is 15.6. The van der Waals surface area contributed by atoms with E-state index in [1.54, 1.807) is 38.5 Å². The Bertz CT molecular complexity index is 1190. The Hall–Kier alpha value is -3.54. The van der Waals surface area contributed by atoms with E-state index in [2.05, 4.69) is 4.99 Å². The number of ether oxygens (including phenoxy) is 1. The molecule has 0 amide bonds. The molecule has 0 spiro atoms. The second-order valence-electron chi connectivity index (χ2n) is 6.31. The maximum absolute atomic E-state index is 12.6. The molecule has 4 aromatic rings. The van der Waals surface area contributed by atoms with Crippen LogP contribution in [0.3, 0.4) is 0 Å². The van der Waals surface area contributed by atoms with Crippen LogP contribution in [-0.2, 0) is 11.3 Å². The van der Waals surface area contributed by atoms with Gasteiger partial charge in [-0.2, -0.15) is 0 Å². The minimum absolute atomic E-state index is 0.0395. The van der Waals surface area contributed by atoms with Gasteiger partial charge in [0.25, 0.3) is 0 Å². The second kappa shape index (κ2) is 7.23. The third-order valence-corrected chi connectivity index (χ3v) is 4.56. The molecule has 6 nitrogen and oxygen atoms in total. The molecule has 2 aromatic heterocycles. The van der Waals surface area contributed by atoms with Crippen molar-refractivity contribution in [3.05, 3.63) is 65.3 Å². The third-order valence-electron chi connectivity index (χ3n) is 4.56. The maximum Gasteiger partial charge on any atom is 0.342 e. The quantitative estimate of drug-likeness (QED) is 0.391. The normalized spacial score (nSPS) is 11.6. The van der Waals surface area contributed by atoms with Crippen molar-refractivity contribution < 1.29 is 23.5 Å². The molecular weight excluding hydrogens is 358 g/mol. The average molecular weight is 377 g/mol. The molecule has 4 rings (SSSR count). The molecule has 0 unspecified atom stereocenters. The Labute approximate surface area is 161 Å². The minimum Gasteiger partial charge on any atom is -0.507 e.